The highest BCUT2D eigenvalue weighted by Crippen LogP contribution is 2.13. The van der Waals surface area contributed by atoms with Gasteiger partial charge < -0.3 is 4.74 Å². The van der Waals surface area contributed by atoms with E-state index >= 15 is 0 Å². The molecular formula is C9H14N2OS. The molecule has 3 nitrogen and oxygen atoms in total. The number of likely N-dealkylation sites (N-methyl/N-ethyl adjacent to an activating group) is 1. The lowest BCUT2D eigenvalue weighted by atomic mass is 10.4. The van der Waals surface area contributed by atoms with Crippen LogP contribution in [0.4, 0.5) is 0 Å². The molecule has 1 atom stereocenters. The molecule has 1 aliphatic heterocycles. The van der Waals surface area contributed by atoms with E-state index in [2.05, 4.69) is 22.3 Å². The normalized spacial score (nSPS) is 21.0. The fourth-order valence-corrected chi connectivity index (χ4v) is 1.95. The number of rotatable bonds is 4. The Labute approximate surface area is 82.3 Å². The highest BCUT2D eigenvalue weighted by molar-refractivity contribution is 7.09. The van der Waals surface area contributed by atoms with Crippen LogP contribution >= 0.6 is 11.3 Å². The average Bonchev–Trinajstić information content (AvgIpc) is 2.76. The number of thiazole rings is 1. The van der Waals surface area contributed by atoms with Crippen LogP contribution in [0.1, 0.15) is 10.7 Å². The van der Waals surface area contributed by atoms with Gasteiger partial charge in [0.2, 0.25) is 0 Å². The molecule has 0 saturated carbocycles. The first kappa shape index (κ1) is 9.12. The van der Waals surface area contributed by atoms with E-state index in [1.807, 2.05) is 6.92 Å². The number of aromatic nitrogens is 1. The molecule has 0 amide bonds. The summed E-state index contributed by atoms with van der Waals surface area (Å²) in [5, 5.41) is 3.27. The van der Waals surface area contributed by atoms with Crippen molar-refractivity contribution in [1.29, 1.82) is 0 Å². The van der Waals surface area contributed by atoms with E-state index < -0.39 is 0 Å². The summed E-state index contributed by atoms with van der Waals surface area (Å²) < 4.78 is 5.16. The molecule has 1 unspecified atom stereocenters. The molecule has 1 aromatic rings. The van der Waals surface area contributed by atoms with E-state index in [-0.39, 0.29) is 0 Å². The first-order chi connectivity index (χ1) is 6.24. The second-order valence-corrected chi connectivity index (χ2v) is 4.57. The minimum atomic E-state index is 0.477. The molecule has 1 aromatic heterocycles. The molecule has 0 bridgehead atoms. The van der Waals surface area contributed by atoms with Gasteiger partial charge in [-0.3, -0.25) is 4.90 Å². The van der Waals surface area contributed by atoms with Gasteiger partial charge in [-0.25, -0.2) is 4.98 Å². The van der Waals surface area contributed by atoms with Crippen molar-refractivity contribution < 1.29 is 4.74 Å². The van der Waals surface area contributed by atoms with Crippen molar-refractivity contribution in [3.05, 3.63) is 16.1 Å². The van der Waals surface area contributed by atoms with Crippen LogP contribution in [0.15, 0.2) is 5.38 Å². The van der Waals surface area contributed by atoms with Crippen molar-refractivity contribution in [2.24, 2.45) is 0 Å². The largest absolute Gasteiger partial charge is 0.372 e. The zero-order chi connectivity index (χ0) is 9.26. The zero-order valence-electron chi connectivity index (χ0n) is 7.99. The Hall–Kier alpha value is -0.450. The highest BCUT2D eigenvalue weighted by atomic mass is 32.1. The predicted molar refractivity (Wildman–Crippen MR) is 52.9 cm³/mol. The summed E-state index contributed by atoms with van der Waals surface area (Å²) in [6.45, 7) is 4.93. The van der Waals surface area contributed by atoms with Crippen molar-refractivity contribution in [1.82, 2.24) is 9.88 Å². The molecule has 0 spiro atoms. The Morgan fingerprint density at radius 3 is 3.08 bits per heavy atom. The molecule has 13 heavy (non-hydrogen) atoms. The van der Waals surface area contributed by atoms with E-state index in [1.165, 1.54) is 5.69 Å². The number of hydrogen-bond acceptors (Lipinski definition) is 4. The topological polar surface area (TPSA) is 28.7 Å². The van der Waals surface area contributed by atoms with Crippen LogP contribution < -0.4 is 0 Å². The summed E-state index contributed by atoms with van der Waals surface area (Å²) in [6, 6.07) is 0. The molecule has 0 aliphatic carbocycles. The Balaban J connectivity index is 1.82. The van der Waals surface area contributed by atoms with Gasteiger partial charge in [-0.05, 0) is 14.0 Å². The average molecular weight is 198 g/mol. The monoisotopic (exact) mass is 198 g/mol. The minimum Gasteiger partial charge on any atom is -0.372 e. The number of nitrogens with zero attached hydrogens (tertiary/aromatic N) is 2. The standard InChI is InChI=1S/C9H14N2OS/c1-7-10-8(6-13-7)3-11(2)4-9-5-12-9/h6,9H,3-5H2,1-2H3. The first-order valence-electron chi connectivity index (χ1n) is 4.45. The van der Waals surface area contributed by atoms with Crippen LogP contribution in [0.5, 0.6) is 0 Å². The quantitative estimate of drug-likeness (QED) is 0.682. The van der Waals surface area contributed by atoms with Gasteiger partial charge in [0, 0.05) is 18.5 Å². The molecule has 0 radical (unpaired) electrons. The third kappa shape index (κ3) is 2.76. The van der Waals surface area contributed by atoms with Gasteiger partial charge in [0.15, 0.2) is 0 Å². The van der Waals surface area contributed by atoms with Crippen molar-refractivity contribution >= 4 is 11.3 Å². The Morgan fingerprint density at radius 1 is 1.77 bits per heavy atom. The number of ether oxygens (including phenoxy) is 1. The van der Waals surface area contributed by atoms with E-state index in [4.69, 9.17) is 4.74 Å². The molecule has 4 heteroatoms. The van der Waals surface area contributed by atoms with Crippen LogP contribution in [0.3, 0.4) is 0 Å². The SMILES string of the molecule is Cc1nc(CN(C)CC2CO2)cs1. The lowest BCUT2D eigenvalue weighted by Crippen LogP contribution is -2.22. The fraction of sp³-hybridized carbons (Fsp3) is 0.667. The number of epoxide rings is 1. The summed E-state index contributed by atoms with van der Waals surface area (Å²) in [4.78, 5) is 6.67. The fourth-order valence-electron chi connectivity index (χ4n) is 1.34. The van der Waals surface area contributed by atoms with Gasteiger partial charge in [-0.2, -0.15) is 0 Å². The number of aryl methyl sites for hydroxylation is 1. The van der Waals surface area contributed by atoms with Crippen LogP contribution in [0, 0.1) is 6.92 Å². The third-order valence-electron chi connectivity index (χ3n) is 2.02. The third-order valence-corrected chi connectivity index (χ3v) is 2.84. The summed E-state index contributed by atoms with van der Waals surface area (Å²) >= 11 is 1.71. The van der Waals surface area contributed by atoms with Crippen molar-refractivity contribution in [2.75, 3.05) is 20.2 Å². The Kier molecular flexibility index (Phi) is 2.62. The van der Waals surface area contributed by atoms with Gasteiger partial charge in [-0.1, -0.05) is 0 Å². The number of hydrogen-bond donors (Lipinski definition) is 0. The maximum absolute atomic E-state index is 5.16. The molecule has 1 aliphatic rings. The molecule has 2 heterocycles. The van der Waals surface area contributed by atoms with Crippen LogP contribution in [-0.2, 0) is 11.3 Å². The van der Waals surface area contributed by atoms with Crippen LogP contribution in [0.25, 0.3) is 0 Å². The van der Waals surface area contributed by atoms with Crippen molar-refractivity contribution in [3.8, 4) is 0 Å². The maximum Gasteiger partial charge on any atom is 0.0936 e. The molecule has 2 rings (SSSR count). The molecule has 0 aromatic carbocycles. The second-order valence-electron chi connectivity index (χ2n) is 3.51. The van der Waals surface area contributed by atoms with E-state index in [0.717, 1.165) is 24.7 Å². The predicted octanol–water partition coefficient (Wildman–Crippen LogP) is 1.28. The zero-order valence-corrected chi connectivity index (χ0v) is 8.80. The first-order valence-corrected chi connectivity index (χ1v) is 5.33. The summed E-state index contributed by atoms with van der Waals surface area (Å²) in [7, 11) is 2.11. The van der Waals surface area contributed by atoms with E-state index in [0.29, 0.717) is 6.10 Å². The van der Waals surface area contributed by atoms with Gasteiger partial charge in [0.05, 0.1) is 23.4 Å². The maximum atomic E-state index is 5.16. The smallest absolute Gasteiger partial charge is 0.0936 e. The van der Waals surface area contributed by atoms with Crippen molar-refractivity contribution in [3.63, 3.8) is 0 Å². The Morgan fingerprint density at radius 2 is 2.54 bits per heavy atom. The van der Waals surface area contributed by atoms with Gasteiger partial charge in [-0.15, -0.1) is 11.3 Å². The van der Waals surface area contributed by atoms with E-state index in [9.17, 15) is 0 Å². The molecular weight excluding hydrogens is 184 g/mol. The summed E-state index contributed by atoms with van der Waals surface area (Å²) in [5.74, 6) is 0. The molecule has 72 valence electrons. The molecule has 1 fully saturated rings. The summed E-state index contributed by atoms with van der Waals surface area (Å²) in [5.41, 5.74) is 1.17. The molecule has 0 N–H and O–H groups in total. The summed E-state index contributed by atoms with van der Waals surface area (Å²) in [6.07, 6.45) is 0.477. The lowest BCUT2D eigenvalue weighted by Gasteiger charge is -2.12. The van der Waals surface area contributed by atoms with Gasteiger partial charge >= 0.3 is 0 Å². The van der Waals surface area contributed by atoms with Gasteiger partial charge in [0.25, 0.3) is 0 Å². The van der Waals surface area contributed by atoms with Crippen LogP contribution in [-0.4, -0.2) is 36.2 Å². The highest BCUT2D eigenvalue weighted by Gasteiger charge is 2.23. The second kappa shape index (κ2) is 3.74. The van der Waals surface area contributed by atoms with Crippen LogP contribution in [0.2, 0.25) is 0 Å². The van der Waals surface area contributed by atoms with E-state index in [1.54, 1.807) is 11.3 Å². The molecule has 1 saturated heterocycles. The lowest BCUT2D eigenvalue weighted by molar-refractivity contribution is 0.276. The minimum absolute atomic E-state index is 0.477. The van der Waals surface area contributed by atoms with Crippen molar-refractivity contribution in [2.45, 2.75) is 19.6 Å². The van der Waals surface area contributed by atoms with Gasteiger partial charge in [0.1, 0.15) is 0 Å². The Bertz CT molecular complexity index is 283.